The Morgan fingerprint density at radius 2 is 2.19 bits per heavy atom. The summed E-state index contributed by atoms with van der Waals surface area (Å²) in [5, 5.41) is 4.78. The molecule has 112 valence electrons. The van der Waals surface area contributed by atoms with E-state index in [9.17, 15) is 0 Å². The third-order valence-electron chi connectivity index (χ3n) is 4.36. The summed E-state index contributed by atoms with van der Waals surface area (Å²) in [4.78, 5) is 6.53. The Morgan fingerprint density at radius 3 is 3.00 bits per heavy atom. The first kappa shape index (κ1) is 14.7. The number of nitrogens with zero attached hydrogens (tertiary/aromatic N) is 1. The van der Waals surface area contributed by atoms with Crippen molar-refractivity contribution in [1.29, 1.82) is 0 Å². The summed E-state index contributed by atoms with van der Waals surface area (Å²) in [6, 6.07) is 8.66. The van der Waals surface area contributed by atoms with Crippen molar-refractivity contribution in [3.8, 4) is 0 Å². The van der Waals surface area contributed by atoms with Crippen molar-refractivity contribution < 1.29 is 0 Å². The number of aromatic nitrogens is 1. The lowest BCUT2D eigenvalue weighted by molar-refractivity contribution is 0.508. The number of rotatable bonds is 5. The van der Waals surface area contributed by atoms with E-state index >= 15 is 0 Å². The number of hydrogen-bond acceptors (Lipinski definition) is 3. The molecule has 1 aromatic carbocycles. The van der Waals surface area contributed by atoms with Gasteiger partial charge in [0.2, 0.25) is 0 Å². The van der Waals surface area contributed by atoms with Crippen molar-refractivity contribution in [2.75, 3.05) is 13.1 Å². The minimum absolute atomic E-state index is 0.621. The molecule has 1 N–H and O–H groups in total. The van der Waals surface area contributed by atoms with Crippen molar-refractivity contribution in [2.24, 2.45) is 0 Å². The lowest BCUT2D eigenvalue weighted by atomic mass is 9.91. The molecule has 1 heterocycles. The Morgan fingerprint density at radius 1 is 1.33 bits per heavy atom. The molecule has 0 aliphatic heterocycles. The Hall–Kier alpha value is -1.19. The molecule has 3 heteroatoms. The molecule has 3 rings (SSSR count). The van der Waals surface area contributed by atoms with Gasteiger partial charge in [0.05, 0.1) is 10.7 Å². The van der Waals surface area contributed by atoms with E-state index in [1.54, 1.807) is 0 Å². The molecule has 2 aromatic rings. The SMILES string of the molecule is CCNCC1CCCc2sc(Cc3ccccc3C)nc21. The summed E-state index contributed by atoms with van der Waals surface area (Å²) in [6.45, 7) is 6.49. The van der Waals surface area contributed by atoms with E-state index in [2.05, 4.69) is 43.4 Å². The van der Waals surface area contributed by atoms with Gasteiger partial charge in [-0.2, -0.15) is 0 Å². The van der Waals surface area contributed by atoms with Gasteiger partial charge in [-0.1, -0.05) is 31.2 Å². The second kappa shape index (κ2) is 6.71. The summed E-state index contributed by atoms with van der Waals surface area (Å²) < 4.78 is 0. The Kier molecular flexibility index (Phi) is 4.71. The summed E-state index contributed by atoms with van der Waals surface area (Å²) in [6.07, 6.45) is 4.81. The fraction of sp³-hybridized carbons (Fsp3) is 0.500. The fourth-order valence-corrected chi connectivity index (χ4v) is 4.34. The molecule has 2 nitrogen and oxygen atoms in total. The van der Waals surface area contributed by atoms with Crippen LogP contribution in [0.4, 0.5) is 0 Å². The minimum atomic E-state index is 0.621. The number of fused-ring (bicyclic) bond motifs is 1. The minimum Gasteiger partial charge on any atom is -0.316 e. The first-order chi connectivity index (χ1) is 10.3. The van der Waals surface area contributed by atoms with Gasteiger partial charge in [0.15, 0.2) is 0 Å². The van der Waals surface area contributed by atoms with Crippen LogP contribution < -0.4 is 5.32 Å². The maximum Gasteiger partial charge on any atom is 0.0975 e. The number of hydrogen-bond donors (Lipinski definition) is 1. The zero-order chi connectivity index (χ0) is 14.7. The maximum absolute atomic E-state index is 5.00. The summed E-state index contributed by atoms with van der Waals surface area (Å²) in [7, 11) is 0. The molecule has 1 aliphatic rings. The van der Waals surface area contributed by atoms with Crippen LogP contribution in [0, 0.1) is 6.92 Å². The van der Waals surface area contributed by atoms with E-state index < -0.39 is 0 Å². The van der Waals surface area contributed by atoms with E-state index in [4.69, 9.17) is 4.98 Å². The average Bonchev–Trinajstić information content (AvgIpc) is 2.90. The first-order valence-electron chi connectivity index (χ1n) is 8.01. The summed E-state index contributed by atoms with van der Waals surface area (Å²) in [5.74, 6) is 0.621. The van der Waals surface area contributed by atoms with Crippen molar-refractivity contribution >= 4 is 11.3 Å². The summed E-state index contributed by atoms with van der Waals surface area (Å²) in [5.41, 5.74) is 4.16. The molecule has 1 unspecified atom stereocenters. The summed E-state index contributed by atoms with van der Waals surface area (Å²) >= 11 is 1.94. The Balaban J connectivity index is 1.80. The van der Waals surface area contributed by atoms with Crippen molar-refractivity contribution in [3.63, 3.8) is 0 Å². The fourth-order valence-electron chi connectivity index (χ4n) is 3.12. The zero-order valence-corrected chi connectivity index (χ0v) is 13.8. The van der Waals surface area contributed by atoms with E-state index in [0.717, 1.165) is 19.5 Å². The molecule has 0 amide bonds. The van der Waals surface area contributed by atoms with Gasteiger partial charge >= 0.3 is 0 Å². The highest BCUT2D eigenvalue weighted by molar-refractivity contribution is 7.11. The molecule has 1 aromatic heterocycles. The smallest absolute Gasteiger partial charge is 0.0975 e. The standard InChI is InChI=1S/C18H24N2S/c1-3-19-12-15-9-6-10-16-18(15)20-17(21-16)11-14-8-5-4-7-13(14)2/h4-5,7-8,15,19H,3,6,9-12H2,1-2H3. The highest BCUT2D eigenvalue weighted by Gasteiger charge is 2.24. The third kappa shape index (κ3) is 3.35. The molecule has 0 saturated heterocycles. The van der Waals surface area contributed by atoms with Crippen LogP contribution in [0.25, 0.3) is 0 Å². The average molecular weight is 300 g/mol. The molecule has 21 heavy (non-hydrogen) atoms. The Labute approximate surface area is 131 Å². The van der Waals surface area contributed by atoms with Crippen LogP contribution in [0.2, 0.25) is 0 Å². The van der Waals surface area contributed by atoms with Crippen LogP contribution in [0.3, 0.4) is 0 Å². The largest absolute Gasteiger partial charge is 0.316 e. The lowest BCUT2D eigenvalue weighted by Gasteiger charge is -2.21. The number of aryl methyl sites for hydroxylation is 2. The van der Waals surface area contributed by atoms with Crippen molar-refractivity contribution in [1.82, 2.24) is 10.3 Å². The van der Waals surface area contributed by atoms with Crippen molar-refractivity contribution in [3.05, 3.63) is 51.0 Å². The molecule has 0 bridgehead atoms. The highest BCUT2D eigenvalue weighted by atomic mass is 32.1. The molecule has 1 aliphatic carbocycles. The molecule has 1 atom stereocenters. The number of likely N-dealkylation sites (N-methyl/N-ethyl adjacent to an activating group) is 1. The van der Waals surface area contributed by atoms with Gasteiger partial charge in [-0.05, 0) is 43.9 Å². The quantitative estimate of drug-likeness (QED) is 0.900. The lowest BCUT2D eigenvalue weighted by Crippen LogP contribution is -2.24. The third-order valence-corrected chi connectivity index (χ3v) is 5.49. The van der Waals surface area contributed by atoms with Gasteiger partial charge in [0, 0.05) is 23.8 Å². The number of thiazole rings is 1. The molecular formula is C18H24N2S. The second-order valence-electron chi connectivity index (χ2n) is 5.92. The van der Waals surface area contributed by atoms with Crippen LogP contribution in [0.5, 0.6) is 0 Å². The molecule has 0 saturated carbocycles. The van der Waals surface area contributed by atoms with Crippen LogP contribution in [0.15, 0.2) is 24.3 Å². The topological polar surface area (TPSA) is 24.9 Å². The number of nitrogens with one attached hydrogen (secondary N) is 1. The van der Waals surface area contributed by atoms with Gasteiger partial charge < -0.3 is 5.32 Å². The van der Waals surface area contributed by atoms with Gasteiger partial charge in [-0.3, -0.25) is 0 Å². The maximum atomic E-state index is 5.00. The van der Waals surface area contributed by atoms with E-state index in [1.165, 1.54) is 46.0 Å². The second-order valence-corrected chi connectivity index (χ2v) is 7.08. The molecule has 0 radical (unpaired) electrons. The van der Waals surface area contributed by atoms with Crippen LogP contribution in [-0.4, -0.2) is 18.1 Å². The van der Waals surface area contributed by atoms with Crippen LogP contribution in [0.1, 0.15) is 52.4 Å². The van der Waals surface area contributed by atoms with Crippen molar-refractivity contribution in [2.45, 2.75) is 45.4 Å². The number of benzene rings is 1. The predicted molar refractivity (Wildman–Crippen MR) is 90.3 cm³/mol. The van der Waals surface area contributed by atoms with E-state index in [1.807, 2.05) is 11.3 Å². The monoisotopic (exact) mass is 300 g/mol. The van der Waals surface area contributed by atoms with Gasteiger partial charge in [-0.25, -0.2) is 4.98 Å². The van der Waals surface area contributed by atoms with E-state index in [0.29, 0.717) is 5.92 Å². The van der Waals surface area contributed by atoms with Gasteiger partial charge in [0.1, 0.15) is 0 Å². The van der Waals surface area contributed by atoms with Crippen LogP contribution >= 0.6 is 11.3 Å². The first-order valence-corrected chi connectivity index (χ1v) is 8.83. The molecule has 0 fully saturated rings. The predicted octanol–water partition coefficient (Wildman–Crippen LogP) is 4.07. The van der Waals surface area contributed by atoms with Gasteiger partial charge in [0.25, 0.3) is 0 Å². The highest BCUT2D eigenvalue weighted by Crippen LogP contribution is 2.35. The van der Waals surface area contributed by atoms with E-state index in [-0.39, 0.29) is 0 Å². The zero-order valence-electron chi connectivity index (χ0n) is 13.0. The molecule has 0 spiro atoms. The van der Waals surface area contributed by atoms with Gasteiger partial charge in [-0.15, -0.1) is 11.3 Å². The van der Waals surface area contributed by atoms with Crippen LogP contribution in [-0.2, 0) is 12.8 Å². The molecular weight excluding hydrogens is 276 g/mol. The Bertz CT molecular complexity index is 603. The normalized spacial score (nSPS) is 17.7.